The molecule has 0 saturated carbocycles. The van der Waals surface area contributed by atoms with Gasteiger partial charge >= 0.3 is 0 Å². The normalized spacial score (nSPS) is 17.1. The van der Waals surface area contributed by atoms with Crippen molar-refractivity contribution in [3.05, 3.63) is 28.2 Å². The first-order valence-corrected chi connectivity index (χ1v) is 6.66. The van der Waals surface area contributed by atoms with Crippen molar-refractivity contribution >= 4 is 33.2 Å². The van der Waals surface area contributed by atoms with Crippen LogP contribution in [-0.2, 0) is 4.79 Å². The zero-order valence-corrected chi connectivity index (χ0v) is 11.9. The molecular formula is C13H15BrN2O2. The van der Waals surface area contributed by atoms with Gasteiger partial charge in [-0.15, -0.1) is 0 Å². The van der Waals surface area contributed by atoms with E-state index in [2.05, 4.69) is 21.1 Å². The molecule has 0 saturated heterocycles. The molecule has 2 rings (SSSR count). The average molecular weight is 311 g/mol. The molecule has 1 aliphatic heterocycles. The van der Waals surface area contributed by atoms with E-state index in [1.165, 1.54) is 0 Å². The van der Waals surface area contributed by atoms with Gasteiger partial charge in [0.2, 0.25) is 5.91 Å². The highest BCUT2D eigenvalue weighted by Crippen LogP contribution is 2.31. The topological polar surface area (TPSA) is 52.9 Å². The zero-order chi connectivity index (χ0) is 13.3. The molecule has 0 atom stereocenters. The first-order chi connectivity index (χ1) is 8.54. The van der Waals surface area contributed by atoms with E-state index in [-0.39, 0.29) is 11.8 Å². The Labute approximate surface area is 114 Å². The molecule has 1 aromatic rings. The Morgan fingerprint density at radius 1 is 1.50 bits per heavy atom. The SMILES string of the molecule is CC(C)C(=O)N1CCC(=NO)c2cc(Br)ccc21. The number of hydrogen-bond acceptors (Lipinski definition) is 3. The van der Waals surface area contributed by atoms with Gasteiger partial charge in [-0.25, -0.2) is 0 Å². The quantitative estimate of drug-likeness (QED) is 0.640. The van der Waals surface area contributed by atoms with Gasteiger partial charge in [0.15, 0.2) is 0 Å². The van der Waals surface area contributed by atoms with E-state index in [4.69, 9.17) is 5.21 Å². The van der Waals surface area contributed by atoms with Crippen molar-refractivity contribution in [2.45, 2.75) is 20.3 Å². The summed E-state index contributed by atoms with van der Waals surface area (Å²) in [6.07, 6.45) is 0.568. The monoisotopic (exact) mass is 310 g/mol. The maximum absolute atomic E-state index is 12.2. The zero-order valence-electron chi connectivity index (χ0n) is 10.4. The lowest BCUT2D eigenvalue weighted by atomic mass is 9.98. The molecule has 1 heterocycles. The number of carbonyl (C=O) groups is 1. The Hall–Kier alpha value is -1.36. The molecule has 1 aromatic carbocycles. The fraction of sp³-hybridized carbons (Fsp3) is 0.385. The Balaban J connectivity index is 2.50. The van der Waals surface area contributed by atoms with Crippen LogP contribution in [0.5, 0.6) is 0 Å². The van der Waals surface area contributed by atoms with Gasteiger partial charge in [0, 0.05) is 28.9 Å². The molecule has 0 radical (unpaired) electrons. The van der Waals surface area contributed by atoms with Gasteiger partial charge in [-0.3, -0.25) is 4.79 Å². The standard InChI is InChI=1S/C13H15BrN2O2/c1-8(2)13(17)16-6-5-11(15-18)10-7-9(14)3-4-12(10)16/h3-4,7-8,18H,5-6H2,1-2H3. The molecule has 18 heavy (non-hydrogen) atoms. The summed E-state index contributed by atoms with van der Waals surface area (Å²) in [6.45, 7) is 4.33. The number of halogens is 1. The fourth-order valence-corrected chi connectivity index (χ4v) is 2.45. The predicted octanol–water partition coefficient (Wildman–Crippen LogP) is 3.02. The van der Waals surface area contributed by atoms with Gasteiger partial charge in [-0.2, -0.15) is 0 Å². The van der Waals surface area contributed by atoms with Gasteiger partial charge in [0.25, 0.3) is 0 Å². The average Bonchev–Trinajstić information content (AvgIpc) is 2.36. The molecule has 1 aliphatic rings. The van der Waals surface area contributed by atoms with E-state index >= 15 is 0 Å². The number of oxime groups is 1. The number of anilines is 1. The first-order valence-electron chi connectivity index (χ1n) is 5.87. The highest BCUT2D eigenvalue weighted by atomic mass is 79.9. The number of nitrogens with zero attached hydrogens (tertiary/aromatic N) is 2. The van der Waals surface area contributed by atoms with E-state index in [1.54, 1.807) is 4.90 Å². The summed E-state index contributed by atoms with van der Waals surface area (Å²) in [7, 11) is 0. The Morgan fingerprint density at radius 2 is 2.22 bits per heavy atom. The Kier molecular flexibility index (Phi) is 3.71. The van der Waals surface area contributed by atoms with Crippen LogP contribution in [0.25, 0.3) is 0 Å². The molecule has 0 aliphatic carbocycles. The van der Waals surface area contributed by atoms with E-state index in [0.717, 1.165) is 15.7 Å². The van der Waals surface area contributed by atoms with Gasteiger partial charge < -0.3 is 10.1 Å². The summed E-state index contributed by atoms with van der Waals surface area (Å²) in [6, 6.07) is 5.65. The number of rotatable bonds is 1. The summed E-state index contributed by atoms with van der Waals surface area (Å²) >= 11 is 3.39. The molecule has 5 heteroatoms. The van der Waals surface area contributed by atoms with E-state index < -0.39 is 0 Å². The van der Waals surface area contributed by atoms with Crippen LogP contribution in [0.1, 0.15) is 25.8 Å². The van der Waals surface area contributed by atoms with Crippen molar-refractivity contribution in [1.29, 1.82) is 0 Å². The second kappa shape index (κ2) is 5.10. The van der Waals surface area contributed by atoms with Gasteiger partial charge in [-0.05, 0) is 18.2 Å². The second-order valence-electron chi connectivity index (χ2n) is 4.60. The van der Waals surface area contributed by atoms with Crippen LogP contribution >= 0.6 is 15.9 Å². The summed E-state index contributed by atoms with van der Waals surface area (Å²) in [4.78, 5) is 13.9. The van der Waals surface area contributed by atoms with Crippen molar-refractivity contribution in [2.75, 3.05) is 11.4 Å². The Morgan fingerprint density at radius 3 is 2.83 bits per heavy atom. The number of fused-ring (bicyclic) bond motifs is 1. The fourth-order valence-electron chi connectivity index (χ4n) is 2.09. The van der Waals surface area contributed by atoms with Crippen molar-refractivity contribution in [3.8, 4) is 0 Å². The van der Waals surface area contributed by atoms with Crippen LogP contribution in [-0.4, -0.2) is 23.4 Å². The van der Waals surface area contributed by atoms with E-state index in [1.807, 2.05) is 32.0 Å². The molecule has 96 valence electrons. The summed E-state index contributed by atoms with van der Waals surface area (Å²) in [5, 5.41) is 12.4. The number of hydrogen-bond donors (Lipinski definition) is 1. The van der Waals surface area contributed by atoms with Crippen molar-refractivity contribution in [3.63, 3.8) is 0 Å². The number of benzene rings is 1. The van der Waals surface area contributed by atoms with Crippen LogP contribution in [0.2, 0.25) is 0 Å². The van der Waals surface area contributed by atoms with Crippen LogP contribution < -0.4 is 4.90 Å². The smallest absolute Gasteiger partial charge is 0.229 e. The van der Waals surface area contributed by atoms with Crippen molar-refractivity contribution in [1.82, 2.24) is 0 Å². The van der Waals surface area contributed by atoms with Gasteiger partial charge in [0.05, 0.1) is 11.4 Å². The number of carbonyl (C=O) groups excluding carboxylic acids is 1. The summed E-state index contributed by atoms with van der Waals surface area (Å²) in [5.41, 5.74) is 2.25. The van der Waals surface area contributed by atoms with Crippen LogP contribution in [0, 0.1) is 5.92 Å². The molecule has 0 aromatic heterocycles. The maximum Gasteiger partial charge on any atom is 0.229 e. The van der Waals surface area contributed by atoms with Gasteiger partial charge in [-0.1, -0.05) is 34.9 Å². The van der Waals surface area contributed by atoms with E-state index in [9.17, 15) is 4.79 Å². The summed E-state index contributed by atoms with van der Waals surface area (Å²) in [5.74, 6) is 0.0460. The molecule has 1 amide bonds. The molecule has 0 unspecified atom stereocenters. The summed E-state index contributed by atoms with van der Waals surface area (Å²) < 4.78 is 0.904. The molecule has 0 fully saturated rings. The van der Waals surface area contributed by atoms with Crippen LogP contribution in [0.4, 0.5) is 5.69 Å². The van der Waals surface area contributed by atoms with Gasteiger partial charge in [0.1, 0.15) is 0 Å². The second-order valence-corrected chi connectivity index (χ2v) is 5.52. The lowest BCUT2D eigenvalue weighted by Gasteiger charge is -2.31. The molecule has 1 N–H and O–H groups in total. The molecular weight excluding hydrogens is 296 g/mol. The van der Waals surface area contributed by atoms with E-state index in [0.29, 0.717) is 18.7 Å². The highest BCUT2D eigenvalue weighted by molar-refractivity contribution is 9.10. The molecule has 4 nitrogen and oxygen atoms in total. The van der Waals surface area contributed by atoms with Crippen LogP contribution in [0.3, 0.4) is 0 Å². The lowest BCUT2D eigenvalue weighted by molar-refractivity contribution is -0.121. The largest absolute Gasteiger partial charge is 0.411 e. The maximum atomic E-state index is 12.2. The Bertz CT molecular complexity index is 512. The third kappa shape index (κ3) is 2.27. The third-order valence-electron chi connectivity index (χ3n) is 3.01. The highest BCUT2D eigenvalue weighted by Gasteiger charge is 2.27. The molecule has 0 spiro atoms. The first kappa shape index (κ1) is 13.1. The predicted molar refractivity (Wildman–Crippen MR) is 74.3 cm³/mol. The lowest BCUT2D eigenvalue weighted by Crippen LogP contribution is -2.39. The van der Waals surface area contributed by atoms with Crippen LogP contribution in [0.15, 0.2) is 27.8 Å². The number of amides is 1. The van der Waals surface area contributed by atoms with Crippen molar-refractivity contribution < 1.29 is 10.0 Å². The minimum atomic E-state index is -0.0471. The van der Waals surface area contributed by atoms with Crippen molar-refractivity contribution in [2.24, 2.45) is 11.1 Å². The minimum absolute atomic E-state index is 0.0471. The molecule has 0 bridgehead atoms. The minimum Gasteiger partial charge on any atom is -0.411 e. The third-order valence-corrected chi connectivity index (χ3v) is 3.51.